The fraction of sp³-hybridized carbons (Fsp3) is 0.733. The Morgan fingerprint density at radius 2 is 1.03 bits per heavy atom. The number of unbranched alkanes of at least 4 members (excludes halogenated alkanes) is 12. The van der Waals surface area contributed by atoms with Crippen LogP contribution < -0.4 is 9.47 Å². The normalized spacial score (nSPS) is 11.4. The average Bonchev–Trinajstić information content (AvgIpc) is 2.78. The zero-order valence-corrected chi connectivity index (χ0v) is 22.7. The van der Waals surface area contributed by atoms with Gasteiger partial charge < -0.3 is 9.47 Å². The van der Waals surface area contributed by atoms with Crippen LogP contribution in [0.4, 0.5) is 0 Å². The molecule has 1 aromatic carbocycles. The van der Waals surface area contributed by atoms with Crippen LogP contribution in [0.1, 0.15) is 143 Å². The number of hydrogen-bond donors (Lipinski definition) is 0. The van der Waals surface area contributed by atoms with E-state index in [1.807, 2.05) is 12.1 Å². The highest BCUT2D eigenvalue weighted by Gasteiger charge is 2.20. The number of rotatable bonds is 18. The van der Waals surface area contributed by atoms with Gasteiger partial charge in [-0.15, -0.1) is 0 Å². The molecule has 4 nitrogen and oxygen atoms in total. The lowest BCUT2D eigenvalue weighted by atomic mass is 9.87. The summed E-state index contributed by atoms with van der Waals surface area (Å²) in [5.74, 6) is 0.174. The third-order valence-electron chi connectivity index (χ3n) is 6.23. The molecule has 0 fully saturated rings. The Labute approximate surface area is 209 Å². The number of carbonyl (C=O) groups excluding carboxylic acids is 2. The summed E-state index contributed by atoms with van der Waals surface area (Å²) >= 11 is 0. The predicted molar refractivity (Wildman–Crippen MR) is 142 cm³/mol. The zero-order chi connectivity index (χ0) is 25.2. The molecule has 4 heteroatoms. The van der Waals surface area contributed by atoms with Gasteiger partial charge in [-0.05, 0) is 36.0 Å². The number of benzene rings is 1. The minimum Gasteiger partial charge on any atom is -0.423 e. The van der Waals surface area contributed by atoms with Gasteiger partial charge in [-0.1, -0.05) is 118 Å². The van der Waals surface area contributed by atoms with E-state index in [1.54, 1.807) is 6.07 Å². The summed E-state index contributed by atoms with van der Waals surface area (Å²) in [6.07, 6.45) is 16.9. The van der Waals surface area contributed by atoms with E-state index in [4.69, 9.17) is 9.47 Å². The van der Waals surface area contributed by atoms with Crippen LogP contribution in [0.2, 0.25) is 0 Å². The smallest absolute Gasteiger partial charge is 0.311 e. The van der Waals surface area contributed by atoms with Gasteiger partial charge in [0.05, 0.1) is 0 Å². The third kappa shape index (κ3) is 13.8. The summed E-state index contributed by atoms with van der Waals surface area (Å²) in [6.45, 7) is 10.8. The van der Waals surface area contributed by atoms with Crippen molar-refractivity contribution >= 4 is 11.9 Å². The van der Waals surface area contributed by atoms with Crippen molar-refractivity contribution in [2.24, 2.45) is 0 Å². The third-order valence-corrected chi connectivity index (χ3v) is 6.23. The topological polar surface area (TPSA) is 52.6 Å². The van der Waals surface area contributed by atoms with E-state index < -0.39 is 0 Å². The monoisotopic (exact) mass is 474 g/mol. The molecule has 0 spiro atoms. The molecule has 0 radical (unpaired) electrons. The zero-order valence-electron chi connectivity index (χ0n) is 22.7. The van der Waals surface area contributed by atoms with Gasteiger partial charge in [0.2, 0.25) is 0 Å². The molecular formula is C30H50O4. The fourth-order valence-electron chi connectivity index (χ4n) is 3.94. The van der Waals surface area contributed by atoms with Gasteiger partial charge in [0.15, 0.2) is 11.5 Å². The molecule has 0 bridgehead atoms. The molecule has 1 aromatic rings. The van der Waals surface area contributed by atoms with E-state index in [1.165, 1.54) is 51.4 Å². The first kappa shape index (κ1) is 30.2. The van der Waals surface area contributed by atoms with Crippen molar-refractivity contribution in [3.8, 4) is 11.5 Å². The van der Waals surface area contributed by atoms with Gasteiger partial charge in [0, 0.05) is 12.8 Å². The molecule has 0 saturated carbocycles. The van der Waals surface area contributed by atoms with Crippen molar-refractivity contribution in [2.45, 2.75) is 143 Å². The molecule has 0 unspecified atom stereocenters. The van der Waals surface area contributed by atoms with Gasteiger partial charge in [-0.3, -0.25) is 9.59 Å². The summed E-state index contributed by atoms with van der Waals surface area (Å²) < 4.78 is 11.3. The summed E-state index contributed by atoms with van der Waals surface area (Å²) in [5.41, 5.74) is 0.943. The molecule has 34 heavy (non-hydrogen) atoms. The van der Waals surface area contributed by atoms with Crippen LogP contribution in [-0.2, 0) is 15.0 Å². The predicted octanol–water partition coefficient (Wildman–Crippen LogP) is 9.08. The van der Waals surface area contributed by atoms with Gasteiger partial charge in [-0.2, -0.15) is 0 Å². The second kappa shape index (κ2) is 17.6. The van der Waals surface area contributed by atoms with Crippen LogP contribution in [0.15, 0.2) is 18.2 Å². The largest absolute Gasteiger partial charge is 0.423 e. The standard InChI is InChI=1S/C30H50O4/c1-6-8-10-12-14-16-18-20-28(31)33-26-23-22-25(30(3,4)5)24-27(26)34-29(32)21-19-17-15-13-11-9-7-2/h22-24H,6-21H2,1-5H3. The van der Waals surface area contributed by atoms with E-state index >= 15 is 0 Å². The van der Waals surface area contributed by atoms with E-state index in [9.17, 15) is 9.59 Å². The number of esters is 2. The van der Waals surface area contributed by atoms with Crippen molar-refractivity contribution in [3.63, 3.8) is 0 Å². The van der Waals surface area contributed by atoms with E-state index in [2.05, 4.69) is 34.6 Å². The van der Waals surface area contributed by atoms with E-state index in [0.29, 0.717) is 24.3 Å². The Morgan fingerprint density at radius 3 is 1.47 bits per heavy atom. The molecule has 0 N–H and O–H groups in total. The van der Waals surface area contributed by atoms with Crippen molar-refractivity contribution in [2.75, 3.05) is 0 Å². The van der Waals surface area contributed by atoms with E-state index in [0.717, 1.165) is 44.1 Å². The van der Waals surface area contributed by atoms with Gasteiger partial charge >= 0.3 is 11.9 Å². The first-order valence-corrected chi connectivity index (χ1v) is 13.8. The lowest BCUT2D eigenvalue weighted by molar-refractivity contribution is -0.137. The van der Waals surface area contributed by atoms with Crippen LogP contribution in [0.5, 0.6) is 11.5 Å². The Kier molecular flexibility index (Phi) is 15.6. The number of carbonyl (C=O) groups is 2. The molecule has 0 saturated heterocycles. The van der Waals surface area contributed by atoms with E-state index in [-0.39, 0.29) is 17.4 Å². The van der Waals surface area contributed by atoms with Crippen molar-refractivity contribution in [1.29, 1.82) is 0 Å². The summed E-state index contributed by atoms with van der Waals surface area (Å²) in [6, 6.07) is 5.56. The Hall–Kier alpha value is -1.84. The molecule has 0 aliphatic rings. The van der Waals surface area contributed by atoms with Crippen molar-refractivity contribution in [3.05, 3.63) is 23.8 Å². The highest BCUT2D eigenvalue weighted by atomic mass is 16.6. The quantitative estimate of drug-likeness (QED) is 0.121. The molecule has 194 valence electrons. The molecular weight excluding hydrogens is 424 g/mol. The SMILES string of the molecule is CCCCCCCCCC(=O)Oc1ccc(C(C)(C)C)cc1OC(=O)CCCCCCCCC. The van der Waals surface area contributed by atoms with Crippen LogP contribution in [0.25, 0.3) is 0 Å². The molecule has 0 heterocycles. The van der Waals surface area contributed by atoms with Crippen LogP contribution in [-0.4, -0.2) is 11.9 Å². The maximum Gasteiger partial charge on any atom is 0.311 e. The van der Waals surface area contributed by atoms with Crippen molar-refractivity contribution < 1.29 is 19.1 Å². The lowest BCUT2D eigenvalue weighted by Gasteiger charge is -2.21. The molecule has 0 atom stereocenters. The van der Waals surface area contributed by atoms with Gasteiger partial charge in [0.1, 0.15) is 0 Å². The first-order valence-electron chi connectivity index (χ1n) is 13.8. The van der Waals surface area contributed by atoms with Crippen LogP contribution in [0, 0.1) is 0 Å². The molecule has 0 aliphatic heterocycles. The minimum atomic E-state index is -0.263. The van der Waals surface area contributed by atoms with Gasteiger partial charge in [0.25, 0.3) is 0 Å². The van der Waals surface area contributed by atoms with Crippen LogP contribution >= 0.6 is 0 Å². The van der Waals surface area contributed by atoms with Crippen LogP contribution in [0.3, 0.4) is 0 Å². The van der Waals surface area contributed by atoms with Gasteiger partial charge in [-0.25, -0.2) is 0 Å². The minimum absolute atomic E-state index is 0.0973. The second-order valence-corrected chi connectivity index (χ2v) is 10.6. The molecule has 0 aromatic heterocycles. The summed E-state index contributed by atoms with van der Waals surface area (Å²) in [5, 5.41) is 0. The number of hydrogen-bond acceptors (Lipinski definition) is 4. The lowest BCUT2D eigenvalue weighted by Crippen LogP contribution is -2.15. The second-order valence-electron chi connectivity index (χ2n) is 10.6. The summed E-state index contributed by atoms with van der Waals surface area (Å²) in [4.78, 5) is 24.9. The highest BCUT2D eigenvalue weighted by Crippen LogP contribution is 2.34. The summed E-state index contributed by atoms with van der Waals surface area (Å²) in [7, 11) is 0. The Balaban J connectivity index is 2.59. The Bertz CT molecular complexity index is 702. The maximum absolute atomic E-state index is 12.5. The highest BCUT2D eigenvalue weighted by molar-refractivity contribution is 5.76. The fourth-order valence-corrected chi connectivity index (χ4v) is 3.94. The van der Waals surface area contributed by atoms with Crippen molar-refractivity contribution in [1.82, 2.24) is 0 Å². The first-order chi connectivity index (χ1) is 16.3. The maximum atomic E-state index is 12.5. The molecule has 0 aliphatic carbocycles. The average molecular weight is 475 g/mol. The molecule has 1 rings (SSSR count). The number of ether oxygens (including phenoxy) is 2. The Morgan fingerprint density at radius 1 is 0.618 bits per heavy atom. The molecule has 0 amide bonds.